The molecule has 0 fully saturated rings. The van der Waals surface area contributed by atoms with Crippen molar-refractivity contribution in [2.45, 2.75) is 26.7 Å². The largest absolute Gasteiger partial charge is 0.497 e. The van der Waals surface area contributed by atoms with Crippen molar-refractivity contribution in [2.75, 3.05) is 32.1 Å². The first kappa shape index (κ1) is 19.5. The van der Waals surface area contributed by atoms with Gasteiger partial charge < -0.3 is 20.1 Å². The van der Waals surface area contributed by atoms with Gasteiger partial charge in [-0.3, -0.25) is 4.79 Å². The number of rotatable bonds is 10. The number of benzene rings is 1. The van der Waals surface area contributed by atoms with Crippen molar-refractivity contribution in [1.29, 1.82) is 0 Å². The number of ether oxygens (including phenoxy) is 2. The zero-order chi connectivity index (χ0) is 18.8. The van der Waals surface area contributed by atoms with E-state index in [1.54, 1.807) is 7.11 Å². The summed E-state index contributed by atoms with van der Waals surface area (Å²) in [6, 6.07) is 9.26. The highest BCUT2D eigenvalue weighted by atomic mass is 16.5. The van der Waals surface area contributed by atoms with Crippen LogP contribution < -0.4 is 20.1 Å². The molecule has 140 valence electrons. The predicted octanol–water partition coefficient (Wildman–Crippen LogP) is 2.49. The van der Waals surface area contributed by atoms with Gasteiger partial charge in [0.1, 0.15) is 18.1 Å². The standard InChI is InChI=1S/C19H26N4O3/c1-14-13-15(2)23-19(22-14)21-10-4-5-18(24)20-11-12-26-17-8-6-16(25-3)7-9-17/h6-9,13H,4-5,10-12H2,1-3H3,(H,20,24)(H,21,22,23). The van der Waals surface area contributed by atoms with E-state index < -0.39 is 0 Å². The maximum atomic E-state index is 11.8. The van der Waals surface area contributed by atoms with Crippen LogP contribution in [0.4, 0.5) is 5.95 Å². The summed E-state index contributed by atoms with van der Waals surface area (Å²) >= 11 is 0. The molecule has 0 spiro atoms. The van der Waals surface area contributed by atoms with E-state index in [4.69, 9.17) is 9.47 Å². The number of anilines is 1. The Kier molecular flexibility index (Phi) is 7.67. The van der Waals surface area contributed by atoms with Gasteiger partial charge in [0.25, 0.3) is 0 Å². The Labute approximate surface area is 154 Å². The minimum absolute atomic E-state index is 0.00599. The Hall–Kier alpha value is -2.83. The molecular formula is C19H26N4O3. The van der Waals surface area contributed by atoms with Crippen LogP contribution in [-0.4, -0.2) is 42.7 Å². The average molecular weight is 358 g/mol. The smallest absolute Gasteiger partial charge is 0.223 e. The number of aryl methyl sites for hydroxylation is 2. The van der Waals surface area contributed by atoms with Crippen molar-refractivity contribution in [3.8, 4) is 11.5 Å². The first-order valence-electron chi connectivity index (χ1n) is 8.66. The Morgan fingerprint density at radius 2 is 1.69 bits per heavy atom. The van der Waals surface area contributed by atoms with Crippen molar-refractivity contribution in [3.63, 3.8) is 0 Å². The van der Waals surface area contributed by atoms with Gasteiger partial charge in [-0.2, -0.15) is 0 Å². The highest BCUT2D eigenvalue weighted by Crippen LogP contribution is 2.16. The first-order valence-corrected chi connectivity index (χ1v) is 8.66. The van der Waals surface area contributed by atoms with Crippen LogP contribution >= 0.6 is 0 Å². The topological polar surface area (TPSA) is 85.4 Å². The highest BCUT2D eigenvalue weighted by Gasteiger charge is 2.03. The van der Waals surface area contributed by atoms with Crippen LogP contribution in [0.15, 0.2) is 30.3 Å². The van der Waals surface area contributed by atoms with Gasteiger partial charge in [0.05, 0.1) is 13.7 Å². The van der Waals surface area contributed by atoms with Crippen LogP contribution in [0.3, 0.4) is 0 Å². The van der Waals surface area contributed by atoms with Gasteiger partial charge in [0.15, 0.2) is 0 Å². The van der Waals surface area contributed by atoms with E-state index in [-0.39, 0.29) is 5.91 Å². The van der Waals surface area contributed by atoms with Gasteiger partial charge in [-0.15, -0.1) is 0 Å². The van der Waals surface area contributed by atoms with Crippen LogP contribution in [0.2, 0.25) is 0 Å². The molecule has 2 N–H and O–H groups in total. The summed E-state index contributed by atoms with van der Waals surface area (Å²) in [6.45, 7) is 5.41. The minimum Gasteiger partial charge on any atom is -0.497 e. The van der Waals surface area contributed by atoms with E-state index in [2.05, 4.69) is 20.6 Å². The van der Waals surface area contributed by atoms with Crippen LogP contribution in [0.1, 0.15) is 24.2 Å². The number of nitrogens with one attached hydrogen (secondary N) is 2. The second-order valence-corrected chi connectivity index (χ2v) is 5.88. The molecule has 1 heterocycles. The maximum absolute atomic E-state index is 11.8. The third-order valence-electron chi connectivity index (χ3n) is 3.60. The molecule has 0 saturated carbocycles. The van der Waals surface area contributed by atoms with Crippen molar-refractivity contribution < 1.29 is 14.3 Å². The average Bonchev–Trinajstić information content (AvgIpc) is 2.62. The molecule has 0 radical (unpaired) electrons. The zero-order valence-electron chi connectivity index (χ0n) is 15.5. The molecule has 0 aliphatic rings. The Morgan fingerprint density at radius 3 is 2.35 bits per heavy atom. The number of aromatic nitrogens is 2. The quantitative estimate of drug-likeness (QED) is 0.635. The third kappa shape index (κ3) is 6.96. The third-order valence-corrected chi connectivity index (χ3v) is 3.60. The monoisotopic (exact) mass is 358 g/mol. The second-order valence-electron chi connectivity index (χ2n) is 5.88. The molecule has 1 amide bonds. The lowest BCUT2D eigenvalue weighted by Gasteiger charge is -2.09. The second kappa shape index (κ2) is 10.2. The molecule has 0 unspecified atom stereocenters. The summed E-state index contributed by atoms with van der Waals surface area (Å²) in [4.78, 5) is 20.4. The molecule has 26 heavy (non-hydrogen) atoms. The molecule has 0 aliphatic carbocycles. The lowest BCUT2D eigenvalue weighted by molar-refractivity contribution is -0.121. The normalized spacial score (nSPS) is 10.3. The molecule has 0 bridgehead atoms. The Morgan fingerprint density at radius 1 is 1.04 bits per heavy atom. The van der Waals surface area contributed by atoms with E-state index in [1.807, 2.05) is 44.2 Å². The SMILES string of the molecule is COc1ccc(OCCNC(=O)CCCNc2nc(C)cc(C)n2)cc1. The molecule has 2 aromatic rings. The fourth-order valence-corrected chi connectivity index (χ4v) is 2.37. The summed E-state index contributed by atoms with van der Waals surface area (Å²) in [6.07, 6.45) is 1.15. The maximum Gasteiger partial charge on any atom is 0.223 e. The van der Waals surface area contributed by atoms with Crippen LogP contribution in [0.25, 0.3) is 0 Å². The van der Waals surface area contributed by atoms with Crippen molar-refractivity contribution in [2.24, 2.45) is 0 Å². The summed E-state index contributed by atoms with van der Waals surface area (Å²) < 4.78 is 10.6. The molecule has 0 atom stereocenters. The number of hydrogen-bond acceptors (Lipinski definition) is 6. The van der Waals surface area contributed by atoms with E-state index >= 15 is 0 Å². The van der Waals surface area contributed by atoms with E-state index in [0.29, 0.717) is 38.5 Å². The van der Waals surface area contributed by atoms with E-state index in [0.717, 1.165) is 22.9 Å². The van der Waals surface area contributed by atoms with E-state index in [9.17, 15) is 4.79 Å². The number of carbonyl (C=O) groups excluding carboxylic acids is 1. The molecule has 7 heteroatoms. The number of amides is 1. The predicted molar refractivity (Wildman–Crippen MR) is 101 cm³/mol. The van der Waals surface area contributed by atoms with Crippen molar-refractivity contribution >= 4 is 11.9 Å². The fraction of sp³-hybridized carbons (Fsp3) is 0.421. The molecule has 0 aliphatic heterocycles. The van der Waals surface area contributed by atoms with Crippen molar-refractivity contribution in [3.05, 3.63) is 41.7 Å². The summed E-state index contributed by atoms with van der Waals surface area (Å²) in [7, 11) is 1.62. The highest BCUT2D eigenvalue weighted by molar-refractivity contribution is 5.75. The van der Waals surface area contributed by atoms with Gasteiger partial charge in [-0.25, -0.2) is 9.97 Å². The van der Waals surface area contributed by atoms with Crippen LogP contribution in [0.5, 0.6) is 11.5 Å². The van der Waals surface area contributed by atoms with Gasteiger partial charge in [-0.05, 0) is 50.6 Å². The lowest BCUT2D eigenvalue weighted by Crippen LogP contribution is -2.28. The number of hydrogen-bond donors (Lipinski definition) is 2. The fourth-order valence-electron chi connectivity index (χ4n) is 2.37. The summed E-state index contributed by atoms with van der Waals surface area (Å²) in [5.74, 6) is 2.14. The number of nitrogens with zero attached hydrogens (tertiary/aromatic N) is 2. The van der Waals surface area contributed by atoms with Gasteiger partial charge in [-0.1, -0.05) is 0 Å². The van der Waals surface area contributed by atoms with Crippen LogP contribution in [0, 0.1) is 13.8 Å². The first-order chi connectivity index (χ1) is 12.6. The van der Waals surface area contributed by atoms with Crippen molar-refractivity contribution in [1.82, 2.24) is 15.3 Å². The summed E-state index contributed by atoms with van der Waals surface area (Å²) in [5, 5.41) is 5.99. The minimum atomic E-state index is 0.00599. The molecule has 1 aromatic heterocycles. The molecular weight excluding hydrogens is 332 g/mol. The van der Waals surface area contributed by atoms with Crippen LogP contribution in [-0.2, 0) is 4.79 Å². The molecule has 0 saturated heterocycles. The number of methoxy groups -OCH3 is 1. The Bertz CT molecular complexity index is 684. The van der Waals surface area contributed by atoms with Gasteiger partial charge >= 0.3 is 0 Å². The zero-order valence-corrected chi connectivity index (χ0v) is 15.5. The molecule has 2 rings (SSSR count). The summed E-state index contributed by atoms with van der Waals surface area (Å²) in [5.41, 5.74) is 1.85. The van der Waals surface area contributed by atoms with Gasteiger partial charge in [0.2, 0.25) is 11.9 Å². The molecule has 7 nitrogen and oxygen atoms in total. The van der Waals surface area contributed by atoms with Gasteiger partial charge in [0, 0.05) is 24.4 Å². The lowest BCUT2D eigenvalue weighted by atomic mass is 10.3. The number of carbonyl (C=O) groups is 1. The van der Waals surface area contributed by atoms with E-state index in [1.165, 1.54) is 0 Å². The molecule has 1 aromatic carbocycles. The Balaban J connectivity index is 1.55.